The molecule has 1 aliphatic carbocycles. The topological polar surface area (TPSA) is 96.0 Å². The Labute approximate surface area is 258 Å². The summed E-state index contributed by atoms with van der Waals surface area (Å²) in [6, 6.07) is 20.2. The number of benzene rings is 2. The van der Waals surface area contributed by atoms with Crippen LogP contribution in [0, 0.1) is 0 Å². The van der Waals surface area contributed by atoms with Crippen molar-refractivity contribution in [2.45, 2.75) is 38.3 Å². The van der Waals surface area contributed by atoms with Gasteiger partial charge in [0.05, 0.1) is 37.6 Å². The minimum absolute atomic E-state index is 0. The van der Waals surface area contributed by atoms with Gasteiger partial charge in [-0.2, -0.15) is 0 Å². The third-order valence-electron chi connectivity index (χ3n) is 6.67. The van der Waals surface area contributed by atoms with Crippen LogP contribution < -0.4 is 14.8 Å². The average Bonchev–Trinajstić information content (AvgIpc) is 3.54. The fourth-order valence-corrected chi connectivity index (χ4v) is 4.49. The number of carbonyl (C=O) groups excluding carboxylic acids is 2. The molecule has 8 nitrogen and oxygen atoms in total. The number of nitrogens with zero attached hydrogens (tertiary/aromatic N) is 1. The summed E-state index contributed by atoms with van der Waals surface area (Å²) >= 11 is 0. The van der Waals surface area contributed by atoms with Crippen molar-refractivity contribution in [1.82, 2.24) is 10.3 Å². The highest BCUT2D eigenvalue weighted by atomic mass is 35.5. The zero-order chi connectivity index (χ0) is 29.6. The highest BCUT2D eigenvalue weighted by Gasteiger charge is 2.23. The van der Waals surface area contributed by atoms with Crippen molar-refractivity contribution in [2.75, 3.05) is 27.4 Å². The standard InChI is InChI=1S/C34H36N2O6.ClH/c1-39-20-21-41-34(38)29(17-15-26-16-18-31(40-2)32(23-26)42-28-13-6-7-14-28)30(22-25-10-4-3-5-11-25)33(37)36-24-27-12-8-9-19-35-27;/h3-5,8-12,15-16,18-19,22-23,28H,6-7,13-14,20-21,24H2,1-2H3,(H,36,37);1H/b30-22+;. The molecule has 4 rings (SSSR count). The zero-order valence-electron chi connectivity index (χ0n) is 24.4. The number of pyridine rings is 1. The number of hydrogen-bond acceptors (Lipinski definition) is 7. The van der Waals surface area contributed by atoms with Crippen LogP contribution in [0.3, 0.4) is 0 Å². The molecule has 0 bridgehead atoms. The maximum absolute atomic E-state index is 13.6. The van der Waals surface area contributed by atoms with E-state index in [1.54, 1.807) is 31.5 Å². The van der Waals surface area contributed by atoms with Crippen molar-refractivity contribution in [3.05, 3.63) is 107 Å². The summed E-state index contributed by atoms with van der Waals surface area (Å²) in [5, 5.41) is 2.87. The highest BCUT2D eigenvalue weighted by molar-refractivity contribution is 6.12. The van der Waals surface area contributed by atoms with Gasteiger partial charge in [-0.15, -0.1) is 18.1 Å². The molecule has 3 aromatic rings. The Morgan fingerprint density at radius 2 is 1.72 bits per heavy atom. The number of methoxy groups -OCH3 is 2. The maximum Gasteiger partial charge on any atom is 0.346 e. The van der Waals surface area contributed by atoms with Crippen molar-refractivity contribution < 1.29 is 28.5 Å². The van der Waals surface area contributed by atoms with Gasteiger partial charge in [0.25, 0.3) is 5.91 Å². The monoisotopic (exact) mass is 604 g/mol. The summed E-state index contributed by atoms with van der Waals surface area (Å²) in [7, 11) is 3.12. The zero-order valence-corrected chi connectivity index (χ0v) is 25.2. The fraction of sp³-hybridized carbons (Fsp3) is 0.294. The Kier molecular flexibility index (Phi) is 13.5. The van der Waals surface area contributed by atoms with Crippen molar-refractivity contribution in [1.29, 1.82) is 0 Å². The van der Waals surface area contributed by atoms with Crippen LogP contribution in [-0.4, -0.2) is 50.4 Å². The Morgan fingerprint density at radius 1 is 0.953 bits per heavy atom. The molecule has 1 amide bonds. The predicted molar refractivity (Wildman–Crippen MR) is 168 cm³/mol. The van der Waals surface area contributed by atoms with E-state index in [4.69, 9.17) is 18.9 Å². The number of carbonyl (C=O) groups is 2. The molecule has 1 aromatic heterocycles. The Bertz CT molecular complexity index is 1430. The van der Waals surface area contributed by atoms with Crippen LogP contribution in [0.4, 0.5) is 0 Å². The van der Waals surface area contributed by atoms with Gasteiger partial charge in [-0.25, -0.2) is 4.79 Å². The molecule has 1 aliphatic rings. The minimum Gasteiger partial charge on any atom is -0.493 e. The molecule has 0 saturated heterocycles. The normalized spacial score (nSPS) is 12.8. The van der Waals surface area contributed by atoms with E-state index in [0.29, 0.717) is 17.2 Å². The number of nitrogens with one attached hydrogen (secondary N) is 1. The van der Waals surface area contributed by atoms with Crippen LogP contribution >= 0.6 is 12.4 Å². The maximum atomic E-state index is 13.6. The van der Waals surface area contributed by atoms with Crippen molar-refractivity contribution in [3.63, 3.8) is 0 Å². The van der Waals surface area contributed by atoms with E-state index in [0.717, 1.165) is 36.8 Å². The highest BCUT2D eigenvalue weighted by Crippen LogP contribution is 2.33. The smallest absolute Gasteiger partial charge is 0.346 e. The van der Waals surface area contributed by atoms with Crippen LogP contribution in [0.5, 0.6) is 11.5 Å². The Hall–Kier alpha value is -4.36. The molecular weight excluding hydrogens is 568 g/mol. The van der Waals surface area contributed by atoms with Crippen LogP contribution in [0.2, 0.25) is 0 Å². The van der Waals surface area contributed by atoms with E-state index in [-0.39, 0.29) is 49.4 Å². The van der Waals surface area contributed by atoms with Crippen LogP contribution in [0.1, 0.15) is 42.5 Å². The lowest BCUT2D eigenvalue weighted by Gasteiger charge is -2.16. The third-order valence-corrected chi connectivity index (χ3v) is 6.67. The van der Waals surface area contributed by atoms with E-state index < -0.39 is 11.9 Å². The SMILES string of the molecule is COCCOC(=O)C(=C=Cc1ccc(OC)c(OC2CCCC2)c1)/C(=C\c1ccccc1)C(=O)NCc1ccccn1.Cl. The molecule has 0 unspecified atom stereocenters. The molecule has 1 saturated carbocycles. The van der Waals surface area contributed by atoms with Gasteiger partial charge < -0.3 is 24.3 Å². The Morgan fingerprint density at radius 3 is 2.42 bits per heavy atom. The second-order valence-electron chi connectivity index (χ2n) is 9.70. The second-order valence-corrected chi connectivity index (χ2v) is 9.70. The molecule has 9 heteroatoms. The third kappa shape index (κ3) is 10.1. The molecule has 0 spiro atoms. The largest absolute Gasteiger partial charge is 0.493 e. The van der Waals surface area contributed by atoms with Gasteiger partial charge in [0.15, 0.2) is 11.5 Å². The summed E-state index contributed by atoms with van der Waals surface area (Å²) in [4.78, 5) is 31.2. The summed E-state index contributed by atoms with van der Waals surface area (Å²) in [6.45, 7) is 0.422. The molecule has 0 atom stereocenters. The summed E-state index contributed by atoms with van der Waals surface area (Å²) in [6.07, 6.45) is 9.37. The number of aromatic nitrogens is 1. The van der Waals surface area contributed by atoms with Gasteiger partial charge in [-0.1, -0.05) is 42.5 Å². The quantitative estimate of drug-likeness (QED) is 0.0845. The molecule has 43 heavy (non-hydrogen) atoms. The van der Waals surface area contributed by atoms with E-state index in [2.05, 4.69) is 16.0 Å². The minimum atomic E-state index is -0.700. The van der Waals surface area contributed by atoms with Gasteiger partial charge in [0.2, 0.25) is 0 Å². The Balaban J connectivity index is 0.00000506. The van der Waals surface area contributed by atoms with Crippen LogP contribution in [0.25, 0.3) is 12.2 Å². The molecular formula is C34H37ClN2O6. The molecule has 2 aromatic carbocycles. The molecule has 1 N–H and O–H groups in total. The van der Waals surface area contributed by atoms with Gasteiger partial charge in [-0.3, -0.25) is 9.78 Å². The number of halogens is 1. The van der Waals surface area contributed by atoms with Crippen molar-refractivity contribution in [2.24, 2.45) is 0 Å². The van der Waals surface area contributed by atoms with Gasteiger partial charge in [-0.05, 0) is 73.2 Å². The van der Waals surface area contributed by atoms with Crippen LogP contribution in [0.15, 0.2) is 89.8 Å². The number of rotatable bonds is 13. The number of hydrogen-bond donors (Lipinski definition) is 1. The molecule has 1 fully saturated rings. The molecule has 1 heterocycles. The number of amides is 1. The fourth-order valence-electron chi connectivity index (χ4n) is 4.49. The molecule has 0 aliphatic heterocycles. The summed E-state index contributed by atoms with van der Waals surface area (Å²) in [5.41, 5.74) is 5.27. The van der Waals surface area contributed by atoms with Gasteiger partial charge in [0, 0.05) is 13.3 Å². The predicted octanol–water partition coefficient (Wildman–Crippen LogP) is 5.96. The van der Waals surface area contributed by atoms with Gasteiger partial charge in [0.1, 0.15) is 12.2 Å². The number of ether oxygens (including phenoxy) is 4. The summed E-state index contributed by atoms with van der Waals surface area (Å²) < 4.78 is 22.2. The summed E-state index contributed by atoms with van der Waals surface area (Å²) in [5.74, 6) is 0.0802. The van der Waals surface area contributed by atoms with Crippen LogP contribution in [-0.2, 0) is 25.6 Å². The van der Waals surface area contributed by atoms with Crippen molar-refractivity contribution in [3.8, 4) is 11.5 Å². The number of esters is 1. The lowest BCUT2D eigenvalue weighted by molar-refractivity contribution is -0.140. The lowest BCUT2D eigenvalue weighted by atomic mass is 10.0. The van der Waals surface area contributed by atoms with E-state index in [1.807, 2.05) is 60.7 Å². The lowest BCUT2D eigenvalue weighted by Crippen LogP contribution is -2.28. The van der Waals surface area contributed by atoms with E-state index in [9.17, 15) is 9.59 Å². The first-order valence-electron chi connectivity index (χ1n) is 14.0. The molecule has 226 valence electrons. The van der Waals surface area contributed by atoms with E-state index in [1.165, 1.54) is 7.11 Å². The first kappa shape index (κ1) is 33.1. The average molecular weight is 605 g/mol. The first-order valence-corrected chi connectivity index (χ1v) is 14.0. The second kappa shape index (κ2) is 17.6. The molecule has 0 radical (unpaired) electrons. The van der Waals surface area contributed by atoms with E-state index >= 15 is 0 Å². The van der Waals surface area contributed by atoms with Crippen molar-refractivity contribution >= 4 is 36.4 Å². The van der Waals surface area contributed by atoms with Gasteiger partial charge >= 0.3 is 5.97 Å². The first-order chi connectivity index (χ1) is 20.6.